The fourth-order valence-electron chi connectivity index (χ4n) is 2.67. The van der Waals surface area contributed by atoms with E-state index in [1.807, 2.05) is 18.7 Å². The van der Waals surface area contributed by atoms with Crippen molar-refractivity contribution < 1.29 is 4.79 Å². The van der Waals surface area contributed by atoms with Gasteiger partial charge in [-0.3, -0.25) is 4.79 Å². The number of piperidine rings is 1. The standard InChI is InChI=1S/C11H20N2O/c1-7(2)10(12)11(14)13-6-8-3-4-9(13)5-8/h7-10H,3-6,12H2,1-2H3/t8?,9?,10-/m1/s1. The average molecular weight is 196 g/mol. The largest absolute Gasteiger partial charge is 0.338 e. The summed E-state index contributed by atoms with van der Waals surface area (Å²) in [6.45, 7) is 4.98. The Kier molecular flexibility index (Phi) is 2.52. The van der Waals surface area contributed by atoms with Crippen LogP contribution in [-0.4, -0.2) is 29.4 Å². The van der Waals surface area contributed by atoms with Crippen LogP contribution in [0.25, 0.3) is 0 Å². The van der Waals surface area contributed by atoms with Crippen LogP contribution in [0.1, 0.15) is 33.1 Å². The minimum absolute atomic E-state index is 0.173. The van der Waals surface area contributed by atoms with Crippen molar-refractivity contribution in [2.75, 3.05) is 6.54 Å². The van der Waals surface area contributed by atoms with Crippen LogP contribution >= 0.6 is 0 Å². The van der Waals surface area contributed by atoms with Gasteiger partial charge in [0.05, 0.1) is 6.04 Å². The van der Waals surface area contributed by atoms with Crippen molar-refractivity contribution in [3.8, 4) is 0 Å². The van der Waals surface area contributed by atoms with Crippen LogP contribution in [0.3, 0.4) is 0 Å². The Morgan fingerprint density at radius 2 is 2.14 bits per heavy atom. The number of nitrogens with zero attached hydrogens (tertiary/aromatic N) is 1. The van der Waals surface area contributed by atoms with Gasteiger partial charge in [0.15, 0.2) is 0 Å². The molecule has 2 N–H and O–H groups in total. The Balaban J connectivity index is 1.99. The molecule has 0 aromatic carbocycles. The Labute approximate surface area is 85.6 Å². The van der Waals surface area contributed by atoms with Crippen molar-refractivity contribution in [3.63, 3.8) is 0 Å². The van der Waals surface area contributed by atoms with Crippen LogP contribution < -0.4 is 5.73 Å². The minimum atomic E-state index is -0.297. The Bertz CT molecular complexity index is 239. The number of nitrogens with two attached hydrogens (primary N) is 1. The summed E-state index contributed by atoms with van der Waals surface area (Å²) in [6, 6.07) is 0.214. The first-order chi connectivity index (χ1) is 6.59. The maximum Gasteiger partial charge on any atom is 0.240 e. The fraction of sp³-hybridized carbons (Fsp3) is 0.909. The molecule has 2 unspecified atom stereocenters. The van der Waals surface area contributed by atoms with Gasteiger partial charge >= 0.3 is 0 Å². The molecule has 0 spiro atoms. The zero-order chi connectivity index (χ0) is 10.3. The minimum Gasteiger partial charge on any atom is -0.338 e. The molecule has 1 saturated heterocycles. The van der Waals surface area contributed by atoms with Crippen LogP contribution in [0, 0.1) is 11.8 Å². The monoisotopic (exact) mass is 196 g/mol. The lowest BCUT2D eigenvalue weighted by Crippen LogP contribution is -2.49. The topological polar surface area (TPSA) is 46.3 Å². The lowest BCUT2D eigenvalue weighted by atomic mass is 10.0. The third-order valence-electron chi connectivity index (χ3n) is 3.70. The molecule has 0 radical (unpaired) electrons. The second-order valence-electron chi connectivity index (χ2n) is 5.09. The van der Waals surface area contributed by atoms with Gasteiger partial charge < -0.3 is 10.6 Å². The van der Waals surface area contributed by atoms with Crippen molar-refractivity contribution in [1.29, 1.82) is 0 Å². The molecule has 1 aliphatic carbocycles. The zero-order valence-corrected chi connectivity index (χ0v) is 9.07. The van der Waals surface area contributed by atoms with Gasteiger partial charge in [0, 0.05) is 12.6 Å². The predicted octanol–water partition coefficient (Wildman–Crippen LogP) is 0.981. The third-order valence-corrected chi connectivity index (χ3v) is 3.70. The number of amides is 1. The van der Waals surface area contributed by atoms with Gasteiger partial charge in [-0.1, -0.05) is 13.8 Å². The Morgan fingerprint density at radius 3 is 2.57 bits per heavy atom. The first-order valence-corrected chi connectivity index (χ1v) is 5.65. The summed E-state index contributed by atoms with van der Waals surface area (Å²) in [6.07, 6.45) is 3.73. The van der Waals surface area contributed by atoms with Gasteiger partial charge in [-0.2, -0.15) is 0 Å². The van der Waals surface area contributed by atoms with E-state index < -0.39 is 0 Å². The number of carbonyl (C=O) groups excluding carboxylic acids is 1. The molecular weight excluding hydrogens is 176 g/mol. The van der Waals surface area contributed by atoms with E-state index in [0.29, 0.717) is 6.04 Å². The first kappa shape index (κ1) is 9.97. The molecular formula is C11H20N2O. The van der Waals surface area contributed by atoms with E-state index >= 15 is 0 Å². The summed E-state index contributed by atoms with van der Waals surface area (Å²) >= 11 is 0. The number of hydrogen-bond acceptors (Lipinski definition) is 2. The second kappa shape index (κ2) is 3.54. The van der Waals surface area contributed by atoms with Gasteiger partial charge in [-0.15, -0.1) is 0 Å². The van der Waals surface area contributed by atoms with Crippen molar-refractivity contribution in [2.45, 2.75) is 45.2 Å². The molecule has 1 heterocycles. The van der Waals surface area contributed by atoms with Crippen LogP contribution in [-0.2, 0) is 4.79 Å². The molecule has 80 valence electrons. The fourth-order valence-corrected chi connectivity index (χ4v) is 2.67. The highest BCUT2D eigenvalue weighted by molar-refractivity contribution is 5.82. The smallest absolute Gasteiger partial charge is 0.240 e. The van der Waals surface area contributed by atoms with Crippen LogP contribution in [0.2, 0.25) is 0 Å². The highest BCUT2D eigenvalue weighted by Gasteiger charge is 2.41. The van der Waals surface area contributed by atoms with E-state index in [0.717, 1.165) is 12.5 Å². The number of likely N-dealkylation sites (tertiary alicyclic amines) is 1. The number of fused-ring (bicyclic) bond motifs is 2. The molecule has 1 aliphatic heterocycles. The number of rotatable bonds is 2. The van der Waals surface area contributed by atoms with Crippen molar-refractivity contribution in [3.05, 3.63) is 0 Å². The van der Waals surface area contributed by atoms with Gasteiger partial charge in [0.1, 0.15) is 0 Å². The van der Waals surface area contributed by atoms with Crippen molar-refractivity contribution in [1.82, 2.24) is 4.90 Å². The molecule has 0 aromatic heterocycles. The average Bonchev–Trinajstić information content (AvgIpc) is 2.76. The highest BCUT2D eigenvalue weighted by atomic mass is 16.2. The molecule has 2 fully saturated rings. The molecule has 3 atom stereocenters. The van der Waals surface area contributed by atoms with E-state index in [1.165, 1.54) is 19.3 Å². The normalized spacial score (nSPS) is 32.7. The SMILES string of the molecule is CC(C)[C@@H](N)C(=O)N1CC2CCC1C2. The third kappa shape index (κ3) is 1.54. The molecule has 14 heavy (non-hydrogen) atoms. The zero-order valence-electron chi connectivity index (χ0n) is 9.07. The molecule has 1 saturated carbocycles. The lowest BCUT2D eigenvalue weighted by molar-refractivity contribution is -0.135. The van der Waals surface area contributed by atoms with Crippen molar-refractivity contribution in [2.24, 2.45) is 17.6 Å². The van der Waals surface area contributed by atoms with E-state index in [-0.39, 0.29) is 17.9 Å². The van der Waals surface area contributed by atoms with E-state index in [2.05, 4.69) is 0 Å². The van der Waals surface area contributed by atoms with Crippen LogP contribution in [0.4, 0.5) is 0 Å². The Hall–Kier alpha value is -0.570. The summed E-state index contributed by atoms with van der Waals surface area (Å²) < 4.78 is 0. The van der Waals surface area contributed by atoms with E-state index in [9.17, 15) is 4.79 Å². The molecule has 3 heteroatoms. The maximum absolute atomic E-state index is 12.0. The molecule has 0 aromatic rings. The van der Waals surface area contributed by atoms with Gasteiger partial charge in [0.2, 0.25) is 5.91 Å². The first-order valence-electron chi connectivity index (χ1n) is 5.65. The van der Waals surface area contributed by atoms with Crippen LogP contribution in [0.15, 0.2) is 0 Å². The molecule has 3 nitrogen and oxygen atoms in total. The quantitative estimate of drug-likeness (QED) is 0.715. The molecule has 2 rings (SSSR count). The molecule has 2 aliphatic rings. The molecule has 1 amide bonds. The molecule has 2 bridgehead atoms. The predicted molar refractivity (Wildman–Crippen MR) is 55.7 cm³/mol. The summed E-state index contributed by atoms with van der Waals surface area (Å²) in [5.41, 5.74) is 5.88. The van der Waals surface area contributed by atoms with E-state index in [4.69, 9.17) is 5.73 Å². The Morgan fingerprint density at radius 1 is 1.43 bits per heavy atom. The van der Waals surface area contributed by atoms with Gasteiger partial charge in [0.25, 0.3) is 0 Å². The highest BCUT2D eigenvalue weighted by Crippen LogP contribution is 2.37. The summed E-state index contributed by atoms with van der Waals surface area (Å²) in [5, 5.41) is 0. The van der Waals surface area contributed by atoms with E-state index in [1.54, 1.807) is 0 Å². The maximum atomic E-state index is 12.0. The van der Waals surface area contributed by atoms with Crippen LogP contribution in [0.5, 0.6) is 0 Å². The second-order valence-corrected chi connectivity index (χ2v) is 5.09. The number of carbonyl (C=O) groups is 1. The summed E-state index contributed by atoms with van der Waals surface area (Å²) in [7, 11) is 0. The van der Waals surface area contributed by atoms with Gasteiger partial charge in [-0.05, 0) is 31.1 Å². The number of hydrogen-bond donors (Lipinski definition) is 1. The van der Waals surface area contributed by atoms with Gasteiger partial charge in [-0.25, -0.2) is 0 Å². The van der Waals surface area contributed by atoms with Crippen molar-refractivity contribution >= 4 is 5.91 Å². The summed E-state index contributed by atoms with van der Waals surface area (Å²) in [4.78, 5) is 14.0. The lowest BCUT2D eigenvalue weighted by Gasteiger charge is -2.30. The summed E-state index contributed by atoms with van der Waals surface area (Å²) in [5.74, 6) is 1.19.